The highest BCUT2D eigenvalue weighted by atomic mass is 32.2. The van der Waals surface area contributed by atoms with E-state index in [9.17, 15) is 0 Å². The van der Waals surface area contributed by atoms with Gasteiger partial charge >= 0.3 is 0 Å². The molecule has 0 radical (unpaired) electrons. The van der Waals surface area contributed by atoms with Crippen LogP contribution in [0.15, 0.2) is 94.1 Å². The van der Waals surface area contributed by atoms with Crippen molar-refractivity contribution in [1.29, 1.82) is 0 Å². The smallest absolute Gasteiger partial charge is 0.0991 e. The van der Waals surface area contributed by atoms with Crippen molar-refractivity contribution in [2.75, 3.05) is 0 Å². The zero-order valence-corrected chi connectivity index (χ0v) is 14.2. The van der Waals surface area contributed by atoms with Crippen LogP contribution in [-0.2, 0) is 10.9 Å². The van der Waals surface area contributed by atoms with Gasteiger partial charge in [-0.1, -0.05) is 68.0 Å². The van der Waals surface area contributed by atoms with Crippen molar-refractivity contribution in [3.63, 3.8) is 0 Å². The van der Waals surface area contributed by atoms with Crippen LogP contribution in [-0.4, -0.2) is 0 Å². The maximum atomic E-state index is 3.71. The van der Waals surface area contributed by atoms with Gasteiger partial charge in [-0.3, -0.25) is 0 Å². The summed E-state index contributed by atoms with van der Waals surface area (Å²) in [5.74, 6) is 0. The van der Waals surface area contributed by atoms with Gasteiger partial charge in [0, 0.05) is 6.42 Å². The van der Waals surface area contributed by atoms with Crippen molar-refractivity contribution in [2.24, 2.45) is 0 Å². The minimum absolute atomic E-state index is 0.0538. The van der Waals surface area contributed by atoms with E-state index in [0.29, 0.717) is 0 Å². The maximum absolute atomic E-state index is 3.71. The van der Waals surface area contributed by atoms with Gasteiger partial charge in [0.1, 0.15) is 10.3 Å². The summed E-state index contributed by atoms with van der Waals surface area (Å²) in [5, 5.41) is 2.32. The molecule has 0 saturated carbocycles. The lowest BCUT2D eigenvalue weighted by molar-refractivity contribution is 0.816. The van der Waals surface area contributed by atoms with E-state index in [-0.39, 0.29) is 10.9 Å². The van der Waals surface area contributed by atoms with E-state index in [0.717, 1.165) is 0 Å². The van der Waals surface area contributed by atoms with E-state index in [2.05, 4.69) is 73.5 Å². The van der Waals surface area contributed by atoms with Crippen LogP contribution in [0.3, 0.4) is 0 Å². The Hall–Kier alpha value is -1.73. The second kappa shape index (κ2) is 9.32. The molecule has 0 nitrogen and oxygen atoms in total. The van der Waals surface area contributed by atoms with Crippen LogP contribution in [0.5, 0.6) is 0 Å². The van der Waals surface area contributed by atoms with Crippen LogP contribution in [0.2, 0.25) is 0 Å². The molecule has 0 amide bonds. The van der Waals surface area contributed by atoms with Gasteiger partial charge in [0.25, 0.3) is 0 Å². The Labute approximate surface area is 138 Å². The Bertz CT molecular complexity index is 588. The number of hydrogen-bond donors (Lipinski definition) is 0. The summed E-state index contributed by atoms with van der Waals surface area (Å²) < 4.78 is 0. The Kier molecular flexibility index (Phi) is 7.05. The zero-order chi connectivity index (χ0) is 15.6. The van der Waals surface area contributed by atoms with Crippen LogP contribution in [0.4, 0.5) is 0 Å². The first-order chi connectivity index (χ1) is 10.8. The molecule has 0 fully saturated rings. The molecule has 0 bridgehead atoms. The van der Waals surface area contributed by atoms with Gasteiger partial charge in [-0.25, -0.2) is 0 Å². The van der Waals surface area contributed by atoms with Crippen molar-refractivity contribution < 1.29 is 0 Å². The van der Waals surface area contributed by atoms with E-state index in [1.165, 1.54) is 35.5 Å². The van der Waals surface area contributed by atoms with Gasteiger partial charge in [0.2, 0.25) is 0 Å². The molecule has 1 unspecified atom stereocenters. The molecule has 2 rings (SSSR count). The van der Waals surface area contributed by atoms with Crippen molar-refractivity contribution in [2.45, 2.75) is 37.5 Å². The molecule has 114 valence electrons. The second-order valence-corrected chi connectivity index (χ2v) is 7.25. The molecule has 0 heterocycles. The van der Waals surface area contributed by atoms with Gasteiger partial charge in [-0.2, -0.15) is 0 Å². The van der Waals surface area contributed by atoms with Gasteiger partial charge in [-0.15, -0.1) is 0 Å². The van der Waals surface area contributed by atoms with Gasteiger partial charge < -0.3 is 0 Å². The van der Waals surface area contributed by atoms with E-state index >= 15 is 0 Å². The van der Waals surface area contributed by atoms with E-state index in [4.69, 9.17) is 0 Å². The Morgan fingerprint density at radius 1 is 1.05 bits per heavy atom. The quantitative estimate of drug-likeness (QED) is 0.408. The minimum atomic E-state index is 0.0538. The molecule has 0 saturated heterocycles. The first kappa shape index (κ1) is 16.6. The molecule has 1 aromatic carbocycles. The predicted molar refractivity (Wildman–Crippen MR) is 101 cm³/mol. The summed E-state index contributed by atoms with van der Waals surface area (Å²) in [4.78, 5) is 2.93. The van der Waals surface area contributed by atoms with E-state index in [1.54, 1.807) is 5.57 Å². The monoisotopic (exact) mass is 309 g/mol. The third kappa shape index (κ3) is 4.92. The standard InChI is InChI=1S/C21H25S/c1-3-5-6-10-18-22(20-12-8-7-9-13-20)21-16-14-19(11-4-2)15-17-21/h3,5-10,12-14,16,18H,1,4,11,15,17H2,2H3/q+1/b6-5-,18-10+. The Balaban J connectivity index is 2.23. The fraction of sp³-hybridized carbons (Fsp3) is 0.238. The average molecular weight is 309 g/mol. The third-order valence-corrected chi connectivity index (χ3v) is 5.74. The molecule has 0 aromatic heterocycles. The molecule has 1 aliphatic rings. The normalized spacial score (nSPS) is 16.6. The summed E-state index contributed by atoms with van der Waals surface area (Å²) in [7, 11) is 0.0538. The van der Waals surface area contributed by atoms with Crippen molar-refractivity contribution in [3.05, 3.63) is 89.3 Å². The maximum Gasteiger partial charge on any atom is 0.165 e. The molecule has 0 N–H and O–H groups in total. The van der Waals surface area contributed by atoms with Crippen LogP contribution in [0, 0.1) is 0 Å². The summed E-state index contributed by atoms with van der Waals surface area (Å²) >= 11 is 0. The molecule has 1 heteroatoms. The fourth-order valence-electron chi connectivity index (χ4n) is 2.53. The predicted octanol–water partition coefficient (Wildman–Crippen LogP) is 6.32. The van der Waals surface area contributed by atoms with Gasteiger partial charge in [0.15, 0.2) is 4.90 Å². The third-order valence-electron chi connectivity index (χ3n) is 3.62. The second-order valence-electron chi connectivity index (χ2n) is 5.31. The fourth-order valence-corrected chi connectivity index (χ4v) is 4.39. The molecule has 22 heavy (non-hydrogen) atoms. The molecule has 1 aliphatic carbocycles. The van der Waals surface area contributed by atoms with Crippen molar-refractivity contribution in [3.8, 4) is 0 Å². The highest BCUT2D eigenvalue weighted by Crippen LogP contribution is 2.31. The lowest BCUT2D eigenvalue weighted by Crippen LogP contribution is -2.06. The molecule has 1 aromatic rings. The first-order valence-electron chi connectivity index (χ1n) is 7.97. The summed E-state index contributed by atoms with van der Waals surface area (Å²) in [6.45, 7) is 5.97. The number of allylic oxidation sites excluding steroid dienone is 8. The number of hydrogen-bond acceptors (Lipinski definition) is 0. The topological polar surface area (TPSA) is 0 Å². The largest absolute Gasteiger partial charge is 0.165 e. The molecule has 0 spiro atoms. The Morgan fingerprint density at radius 3 is 2.50 bits per heavy atom. The van der Waals surface area contributed by atoms with E-state index in [1.807, 2.05) is 12.2 Å². The first-order valence-corrected chi connectivity index (χ1v) is 9.26. The highest BCUT2D eigenvalue weighted by molar-refractivity contribution is 8.03. The lowest BCUT2D eigenvalue weighted by atomic mass is 10.0. The van der Waals surface area contributed by atoms with Crippen LogP contribution < -0.4 is 0 Å². The number of benzene rings is 1. The molecular formula is C21H25S+. The minimum Gasteiger partial charge on any atom is -0.0991 e. The summed E-state index contributed by atoms with van der Waals surface area (Å²) in [6.07, 6.45) is 17.5. The van der Waals surface area contributed by atoms with Gasteiger partial charge in [-0.05, 0) is 37.1 Å². The van der Waals surface area contributed by atoms with Crippen molar-refractivity contribution in [1.82, 2.24) is 0 Å². The Morgan fingerprint density at radius 2 is 1.86 bits per heavy atom. The summed E-state index contributed by atoms with van der Waals surface area (Å²) in [6, 6.07) is 10.8. The number of rotatable bonds is 7. The lowest BCUT2D eigenvalue weighted by Gasteiger charge is -2.13. The van der Waals surface area contributed by atoms with E-state index < -0.39 is 0 Å². The zero-order valence-electron chi connectivity index (χ0n) is 13.4. The van der Waals surface area contributed by atoms with Crippen LogP contribution >= 0.6 is 0 Å². The highest BCUT2D eigenvalue weighted by Gasteiger charge is 2.26. The SMILES string of the molecule is C=C/C=C\C=C\[S+](C1=CC=C(CCC)CC1)c1ccccc1. The molecule has 1 atom stereocenters. The van der Waals surface area contributed by atoms with Crippen LogP contribution in [0.25, 0.3) is 0 Å². The van der Waals surface area contributed by atoms with Crippen molar-refractivity contribution >= 4 is 10.9 Å². The molecule has 0 aliphatic heterocycles. The molecular weight excluding hydrogens is 284 g/mol. The average Bonchev–Trinajstić information content (AvgIpc) is 2.57. The summed E-state index contributed by atoms with van der Waals surface area (Å²) in [5.41, 5.74) is 1.60. The van der Waals surface area contributed by atoms with Crippen LogP contribution in [0.1, 0.15) is 32.6 Å². The van der Waals surface area contributed by atoms with Gasteiger partial charge in [0.05, 0.1) is 10.9 Å².